The second-order valence-corrected chi connectivity index (χ2v) is 8.05. The molecule has 1 aliphatic heterocycles. The van der Waals surface area contributed by atoms with E-state index in [2.05, 4.69) is 11.5 Å². The Balaban J connectivity index is 2.16. The van der Waals surface area contributed by atoms with E-state index >= 15 is 0 Å². The summed E-state index contributed by atoms with van der Waals surface area (Å²) in [6, 6.07) is 8.92. The third kappa shape index (κ3) is 4.20. The second-order valence-electron chi connectivity index (χ2n) is 5.81. The molecule has 2 rings (SSSR count). The average molecular weight is 509 g/mol. The molecule has 121 valence electrons. The first-order valence-corrected chi connectivity index (χ1v) is 9.80. The number of likely N-dealkylation sites (N-methyl/N-ethyl adjacent to an activating group) is 1. The molecule has 1 aromatic carbocycles. The van der Waals surface area contributed by atoms with E-state index in [1.54, 1.807) is 11.0 Å². The summed E-state index contributed by atoms with van der Waals surface area (Å²) in [5.74, 6) is -0.987. The van der Waals surface area contributed by atoms with E-state index in [-0.39, 0.29) is 15.4 Å². The van der Waals surface area contributed by atoms with Crippen LogP contribution in [0, 0.1) is 0 Å². The van der Waals surface area contributed by atoms with Crippen molar-refractivity contribution in [3.8, 4) is 0 Å². The number of aliphatic carboxylic acids is 1. The summed E-state index contributed by atoms with van der Waals surface area (Å²) in [5.41, 5.74) is 0.969. The third-order valence-corrected chi connectivity index (χ3v) is 6.52. The van der Waals surface area contributed by atoms with Crippen molar-refractivity contribution in [2.75, 3.05) is 20.1 Å². The molecular formula is C17H21N2O3Pb. The minimum absolute atomic E-state index is 0.0580. The van der Waals surface area contributed by atoms with Crippen LogP contribution in [0.15, 0.2) is 43.0 Å². The fourth-order valence-electron chi connectivity index (χ4n) is 2.92. The van der Waals surface area contributed by atoms with E-state index in [4.69, 9.17) is 0 Å². The number of likely N-dealkylation sites (tertiary alicyclic amines) is 1. The molecule has 1 heterocycles. The van der Waals surface area contributed by atoms with Crippen LogP contribution in [0.1, 0.15) is 15.5 Å². The number of hydrogen-bond donors (Lipinski definition) is 1. The monoisotopic (exact) mass is 509 g/mol. The second kappa shape index (κ2) is 8.05. The summed E-state index contributed by atoms with van der Waals surface area (Å²) in [7, 11) is 1.94. The first-order valence-electron chi connectivity index (χ1n) is 7.56. The first-order chi connectivity index (χ1) is 11.0. The molecule has 0 saturated carbocycles. The van der Waals surface area contributed by atoms with Gasteiger partial charge in [-0.05, 0) is 0 Å². The van der Waals surface area contributed by atoms with Crippen molar-refractivity contribution < 1.29 is 14.7 Å². The van der Waals surface area contributed by atoms with Gasteiger partial charge in [-0.2, -0.15) is 0 Å². The minimum atomic E-state index is -0.921. The maximum absolute atomic E-state index is 12.8. The zero-order chi connectivity index (χ0) is 17.0. The zero-order valence-corrected chi connectivity index (χ0v) is 17.1. The van der Waals surface area contributed by atoms with E-state index in [0.29, 0.717) is 45.3 Å². The fraction of sp³-hybridized carbons (Fsp3) is 0.412. The van der Waals surface area contributed by atoms with Crippen molar-refractivity contribution in [3.63, 3.8) is 0 Å². The van der Waals surface area contributed by atoms with Crippen LogP contribution in [0.4, 0.5) is 0 Å². The molecular weight excluding hydrogens is 487 g/mol. The van der Waals surface area contributed by atoms with Crippen LogP contribution < -0.4 is 0 Å². The molecule has 1 fully saturated rings. The van der Waals surface area contributed by atoms with E-state index in [0.717, 1.165) is 5.56 Å². The number of carboxylic acid groups (broad SMARTS) is 1. The van der Waals surface area contributed by atoms with Crippen molar-refractivity contribution in [1.29, 1.82) is 0 Å². The summed E-state index contributed by atoms with van der Waals surface area (Å²) >= 11 is 0.660. The van der Waals surface area contributed by atoms with Crippen molar-refractivity contribution in [2.45, 2.75) is 22.0 Å². The number of amides is 1. The molecule has 1 N–H and O–H groups in total. The van der Waals surface area contributed by atoms with Crippen LogP contribution in [0.2, 0.25) is 0 Å². The Morgan fingerprint density at radius 3 is 2.70 bits per heavy atom. The Labute approximate surface area is 152 Å². The molecule has 0 bridgehead atoms. The number of hydrogen-bond acceptors (Lipinski definition) is 3. The van der Waals surface area contributed by atoms with Crippen molar-refractivity contribution in [2.24, 2.45) is 0 Å². The average Bonchev–Trinajstić information content (AvgIpc) is 3.00. The van der Waals surface area contributed by atoms with Gasteiger partial charge in [0.2, 0.25) is 0 Å². The van der Waals surface area contributed by atoms with E-state index in [1.807, 2.05) is 37.4 Å². The van der Waals surface area contributed by atoms with E-state index in [1.165, 1.54) is 0 Å². The van der Waals surface area contributed by atoms with E-state index in [9.17, 15) is 14.7 Å². The molecule has 6 heteroatoms. The Hall–Kier alpha value is -1.22. The molecule has 3 unspecified atom stereocenters. The van der Waals surface area contributed by atoms with Crippen LogP contribution in [0.5, 0.6) is 0 Å². The van der Waals surface area contributed by atoms with Gasteiger partial charge in [-0.1, -0.05) is 0 Å². The number of carboxylic acids is 1. The van der Waals surface area contributed by atoms with Gasteiger partial charge in [0.05, 0.1) is 0 Å². The van der Waals surface area contributed by atoms with Gasteiger partial charge in [0.25, 0.3) is 0 Å². The standard InChI is InChI=1S/C17H21N2O3.Pb/c1-3-9-18(2)14-11-15(17(21)22)19(12-14)16(20)10-13-7-5-4-6-8-13;/h3-8,10,14-15H,1,9,11-12H2,2H3,(H,21,22);. The molecule has 3 radical (unpaired) electrons. The molecule has 23 heavy (non-hydrogen) atoms. The third-order valence-electron chi connectivity index (χ3n) is 4.27. The van der Waals surface area contributed by atoms with Gasteiger partial charge in [-0.15, -0.1) is 0 Å². The Bertz CT molecular complexity index is 578. The first kappa shape index (κ1) is 18.1. The molecule has 1 aliphatic rings. The van der Waals surface area contributed by atoms with Crippen LogP contribution in [-0.4, -0.2) is 84.8 Å². The van der Waals surface area contributed by atoms with Crippen LogP contribution >= 0.6 is 0 Å². The van der Waals surface area contributed by atoms with Gasteiger partial charge in [0.1, 0.15) is 0 Å². The zero-order valence-electron chi connectivity index (χ0n) is 13.2. The number of benzene rings is 1. The fourth-order valence-corrected chi connectivity index (χ4v) is 4.31. The molecule has 1 amide bonds. The molecule has 3 atom stereocenters. The van der Waals surface area contributed by atoms with Crippen LogP contribution in [0.25, 0.3) is 0 Å². The van der Waals surface area contributed by atoms with Gasteiger partial charge < -0.3 is 0 Å². The van der Waals surface area contributed by atoms with Gasteiger partial charge in [-0.3, -0.25) is 0 Å². The summed E-state index contributed by atoms with van der Waals surface area (Å²) < 4.78 is -0.207. The van der Waals surface area contributed by atoms with Crippen molar-refractivity contribution in [1.82, 2.24) is 9.80 Å². The Morgan fingerprint density at radius 1 is 1.48 bits per heavy atom. The van der Waals surface area contributed by atoms with Gasteiger partial charge >= 0.3 is 153 Å². The predicted molar refractivity (Wildman–Crippen MR) is 89.3 cm³/mol. The molecule has 0 aromatic heterocycles. The normalized spacial score (nSPS) is 22.1. The number of rotatable bonds is 6. The molecule has 0 aliphatic carbocycles. The molecule has 1 saturated heterocycles. The quantitative estimate of drug-likeness (QED) is 0.462. The number of carbonyl (C=O) groups excluding carboxylic acids is 1. The molecule has 5 nitrogen and oxygen atoms in total. The van der Waals surface area contributed by atoms with Gasteiger partial charge in [0, 0.05) is 0 Å². The van der Waals surface area contributed by atoms with E-state index < -0.39 is 12.0 Å². The predicted octanol–water partition coefficient (Wildman–Crippen LogP) is 1.07. The van der Waals surface area contributed by atoms with Gasteiger partial charge in [0.15, 0.2) is 0 Å². The number of nitrogens with zero attached hydrogens (tertiary/aromatic N) is 2. The van der Waals surface area contributed by atoms with Crippen LogP contribution in [-0.2, 0) is 9.59 Å². The Morgan fingerprint density at radius 2 is 2.13 bits per heavy atom. The summed E-state index contributed by atoms with van der Waals surface area (Å²) in [6.45, 7) is 4.86. The molecule has 0 spiro atoms. The number of carbonyl (C=O) groups is 2. The topological polar surface area (TPSA) is 60.9 Å². The van der Waals surface area contributed by atoms with Crippen molar-refractivity contribution >= 4 is 37.6 Å². The molecule has 1 aromatic rings. The summed E-state index contributed by atoms with van der Waals surface area (Å²) in [4.78, 5) is 28.0. The van der Waals surface area contributed by atoms with Crippen molar-refractivity contribution in [3.05, 3.63) is 48.6 Å². The van der Waals surface area contributed by atoms with Gasteiger partial charge in [-0.25, -0.2) is 0 Å². The Kier molecular flexibility index (Phi) is 6.34. The van der Waals surface area contributed by atoms with Crippen LogP contribution in [0.3, 0.4) is 0 Å². The SMILES string of the molecule is C=CCN(C)C1CC(C(=O)O)N(C(=O)[CH]([Pb])c2ccccc2)C1. The maximum atomic E-state index is 12.8. The summed E-state index contributed by atoms with van der Waals surface area (Å²) in [6.07, 6.45) is 2.26. The summed E-state index contributed by atoms with van der Waals surface area (Å²) in [5, 5.41) is 9.49.